The van der Waals surface area contributed by atoms with Gasteiger partial charge in [0.2, 0.25) is 10.0 Å². The van der Waals surface area contributed by atoms with Crippen molar-refractivity contribution < 1.29 is 26.3 Å². The van der Waals surface area contributed by atoms with E-state index < -0.39 is 34.2 Å². The molecule has 2 atom stereocenters. The first kappa shape index (κ1) is 16.2. The van der Waals surface area contributed by atoms with Gasteiger partial charge in [-0.15, -0.1) is 5.73 Å². The molecule has 4 nitrogen and oxygen atoms in total. The summed E-state index contributed by atoms with van der Waals surface area (Å²) in [5, 5.41) is 0. The van der Waals surface area contributed by atoms with Crippen LogP contribution in [0.2, 0.25) is 0 Å². The average molecular weight is 299 g/mol. The summed E-state index contributed by atoms with van der Waals surface area (Å²) in [6, 6.07) is 0. The van der Waals surface area contributed by atoms with Gasteiger partial charge in [0.05, 0.1) is 11.9 Å². The minimum Gasteiger partial charge on any atom is -0.364 e. The van der Waals surface area contributed by atoms with Crippen LogP contribution in [0, 0.1) is 0 Å². The molecule has 110 valence electrons. The Labute approximate surface area is 110 Å². The molecule has 0 aromatic heterocycles. The molecule has 0 aliphatic carbocycles. The zero-order valence-corrected chi connectivity index (χ0v) is 11.1. The van der Waals surface area contributed by atoms with Crippen molar-refractivity contribution in [3.63, 3.8) is 0 Å². The molecule has 1 fully saturated rings. The summed E-state index contributed by atoms with van der Waals surface area (Å²) in [4.78, 5) is 0. The summed E-state index contributed by atoms with van der Waals surface area (Å²) < 4.78 is 67.7. The molecule has 0 amide bonds. The monoisotopic (exact) mass is 299 g/mol. The molecular weight excluding hydrogens is 283 g/mol. The topological polar surface area (TPSA) is 55.4 Å². The summed E-state index contributed by atoms with van der Waals surface area (Å²) in [7, 11) is -3.66. The van der Waals surface area contributed by atoms with Crippen molar-refractivity contribution in [2.75, 3.05) is 12.3 Å². The Bertz CT molecular complexity index is 441. The van der Waals surface area contributed by atoms with Gasteiger partial charge in [-0.2, -0.15) is 13.2 Å². The fraction of sp³-hybridized carbons (Fsp3) is 0.727. The molecule has 1 aliphatic rings. The summed E-state index contributed by atoms with van der Waals surface area (Å²) in [5.41, 5.74) is 2.39. The van der Waals surface area contributed by atoms with Crippen LogP contribution >= 0.6 is 0 Å². The van der Waals surface area contributed by atoms with Crippen molar-refractivity contribution in [3.8, 4) is 0 Å². The maximum Gasteiger partial charge on any atom is 0.414 e. The van der Waals surface area contributed by atoms with Crippen LogP contribution in [0.15, 0.2) is 18.4 Å². The number of hydrogen-bond acceptors (Lipinski definition) is 3. The van der Waals surface area contributed by atoms with Crippen molar-refractivity contribution in [2.45, 2.75) is 37.6 Å². The lowest BCUT2D eigenvalue weighted by atomic mass is 10.0. The number of ether oxygens (including phenoxy) is 1. The summed E-state index contributed by atoms with van der Waals surface area (Å²) in [6.07, 6.45) is -5.37. The van der Waals surface area contributed by atoms with Gasteiger partial charge in [0.1, 0.15) is 0 Å². The highest BCUT2D eigenvalue weighted by molar-refractivity contribution is 7.89. The van der Waals surface area contributed by atoms with E-state index in [4.69, 9.17) is 4.74 Å². The summed E-state index contributed by atoms with van der Waals surface area (Å²) in [5.74, 6) is -0.468. The first-order valence-corrected chi connectivity index (χ1v) is 7.43. The number of hydrogen-bond donors (Lipinski definition) is 1. The van der Waals surface area contributed by atoms with Crippen molar-refractivity contribution in [1.82, 2.24) is 4.72 Å². The Hall–Kier alpha value is -0.820. The Kier molecular flexibility index (Phi) is 5.61. The molecular formula is C11H16F3NO3S. The molecule has 1 rings (SSSR count). The van der Waals surface area contributed by atoms with Gasteiger partial charge >= 0.3 is 6.18 Å². The van der Waals surface area contributed by atoms with Crippen LogP contribution in [-0.4, -0.2) is 39.1 Å². The molecule has 0 aromatic rings. The van der Waals surface area contributed by atoms with E-state index in [2.05, 4.69) is 17.0 Å². The lowest BCUT2D eigenvalue weighted by Crippen LogP contribution is -2.42. The number of rotatable bonds is 5. The number of nitrogens with one attached hydrogen (secondary N) is 1. The van der Waals surface area contributed by atoms with Crippen LogP contribution < -0.4 is 4.72 Å². The van der Waals surface area contributed by atoms with E-state index in [1.54, 1.807) is 0 Å². The van der Waals surface area contributed by atoms with Crippen LogP contribution in [0.4, 0.5) is 13.2 Å². The van der Waals surface area contributed by atoms with E-state index in [-0.39, 0.29) is 13.0 Å². The second-order valence-electron chi connectivity index (χ2n) is 4.26. The fourth-order valence-corrected chi connectivity index (χ4v) is 3.00. The zero-order chi connectivity index (χ0) is 14.5. The van der Waals surface area contributed by atoms with Gasteiger partial charge in [0, 0.05) is 6.54 Å². The molecule has 0 spiro atoms. The van der Waals surface area contributed by atoms with Crippen LogP contribution in [0.25, 0.3) is 0 Å². The van der Waals surface area contributed by atoms with Crippen molar-refractivity contribution in [1.29, 1.82) is 0 Å². The van der Waals surface area contributed by atoms with Crippen molar-refractivity contribution >= 4 is 10.0 Å². The Morgan fingerprint density at radius 3 is 2.68 bits per heavy atom. The predicted molar refractivity (Wildman–Crippen MR) is 64.1 cm³/mol. The van der Waals surface area contributed by atoms with Gasteiger partial charge in [-0.3, -0.25) is 0 Å². The van der Waals surface area contributed by atoms with Crippen LogP contribution in [0.1, 0.15) is 19.3 Å². The third-order valence-electron chi connectivity index (χ3n) is 2.67. The highest BCUT2D eigenvalue weighted by Gasteiger charge is 2.44. The number of halogens is 3. The first-order valence-electron chi connectivity index (χ1n) is 5.78. The molecule has 0 radical (unpaired) electrons. The third kappa shape index (κ3) is 5.78. The van der Waals surface area contributed by atoms with Gasteiger partial charge in [0.15, 0.2) is 6.10 Å². The Balaban J connectivity index is 2.54. The Morgan fingerprint density at radius 1 is 1.42 bits per heavy atom. The van der Waals surface area contributed by atoms with Gasteiger partial charge < -0.3 is 4.74 Å². The van der Waals surface area contributed by atoms with E-state index in [9.17, 15) is 21.6 Å². The van der Waals surface area contributed by atoms with Gasteiger partial charge in [-0.25, -0.2) is 13.1 Å². The van der Waals surface area contributed by atoms with E-state index in [0.717, 1.165) is 0 Å². The SMILES string of the molecule is C=C=CCNS(=O)(=O)CC1CCCC(C(F)(F)F)O1. The molecule has 1 aliphatic heterocycles. The Morgan fingerprint density at radius 2 is 2.11 bits per heavy atom. The van der Waals surface area contributed by atoms with Gasteiger partial charge in [-0.1, -0.05) is 6.58 Å². The quantitative estimate of drug-likeness (QED) is 0.787. The highest BCUT2D eigenvalue weighted by atomic mass is 32.2. The van der Waals surface area contributed by atoms with E-state index in [0.29, 0.717) is 12.8 Å². The summed E-state index contributed by atoms with van der Waals surface area (Å²) >= 11 is 0. The van der Waals surface area contributed by atoms with Crippen LogP contribution in [0.3, 0.4) is 0 Å². The van der Waals surface area contributed by atoms with E-state index in [1.807, 2.05) is 0 Å². The normalized spacial score (nSPS) is 24.8. The molecule has 2 unspecified atom stereocenters. The molecule has 8 heteroatoms. The van der Waals surface area contributed by atoms with Gasteiger partial charge in [-0.05, 0) is 25.3 Å². The maximum atomic E-state index is 12.5. The highest BCUT2D eigenvalue weighted by Crippen LogP contribution is 2.32. The van der Waals surface area contributed by atoms with Crippen LogP contribution in [0.5, 0.6) is 0 Å². The second kappa shape index (κ2) is 6.56. The molecule has 1 saturated heterocycles. The largest absolute Gasteiger partial charge is 0.414 e. The van der Waals surface area contributed by atoms with E-state index >= 15 is 0 Å². The molecule has 19 heavy (non-hydrogen) atoms. The summed E-state index contributed by atoms with van der Waals surface area (Å²) in [6.45, 7) is 3.28. The molecule has 0 aromatic carbocycles. The van der Waals surface area contributed by atoms with Crippen molar-refractivity contribution in [3.05, 3.63) is 18.4 Å². The standard InChI is InChI=1S/C11H16F3NO3S/c1-2-3-7-15-19(16,17)8-9-5-4-6-10(18-9)11(12,13)14/h3,9-10,15H,1,4-8H2. The van der Waals surface area contributed by atoms with Crippen LogP contribution in [-0.2, 0) is 14.8 Å². The van der Waals surface area contributed by atoms with Gasteiger partial charge in [0.25, 0.3) is 0 Å². The zero-order valence-electron chi connectivity index (χ0n) is 10.2. The predicted octanol–water partition coefficient (Wildman–Crippen LogP) is 1.75. The molecule has 1 N–H and O–H groups in total. The van der Waals surface area contributed by atoms with Crippen molar-refractivity contribution in [2.24, 2.45) is 0 Å². The lowest BCUT2D eigenvalue weighted by molar-refractivity contribution is -0.242. The fourth-order valence-electron chi connectivity index (χ4n) is 1.81. The molecule has 0 saturated carbocycles. The lowest BCUT2D eigenvalue weighted by Gasteiger charge is -2.31. The minimum atomic E-state index is -4.44. The molecule has 1 heterocycles. The second-order valence-corrected chi connectivity index (χ2v) is 6.11. The molecule has 0 bridgehead atoms. The third-order valence-corrected chi connectivity index (χ3v) is 4.09. The number of sulfonamides is 1. The average Bonchev–Trinajstić information content (AvgIpc) is 2.27. The minimum absolute atomic E-state index is 0.0151. The smallest absolute Gasteiger partial charge is 0.364 e. The first-order chi connectivity index (χ1) is 8.74. The van der Waals surface area contributed by atoms with E-state index in [1.165, 1.54) is 6.08 Å². The maximum absolute atomic E-state index is 12.5. The number of alkyl halides is 3.